The van der Waals surface area contributed by atoms with Gasteiger partial charge in [0.1, 0.15) is 23.9 Å². The number of allylic oxidation sites excluding steroid dienone is 1. The number of rotatable bonds is 8. The SMILES string of the molecule is CCCc1ccc(C(=O)/C=C/c2ccc(COc3cccc(C(F)(F)F)c3)o2)s1. The Morgan fingerprint density at radius 3 is 2.76 bits per heavy atom. The Balaban J connectivity index is 1.58. The minimum Gasteiger partial charge on any atom is -0.486 e. The van der Waals surface area contributed by atoms with Gasteiger partial charge in [0.2, 0.25) is 0 Å². The second-order valence-corrected chi connectivity index (χ2v) is 7.50. The number of ether oxygens (including phenoxy) is 1. The molecule has 0 atom stereocenters. The summed E-state index contributed by atoms with van der Waals surface area (Å²) in [7, 11) is 0. The van der Waals surface area contributed by atoms with Crippen molar-refractivity contribution in [3.8, 4) is 5.75 Å². The van der Waals surface area contributed by atoms with Gasteiger partial charge in [-0.2, -0.15) is 13.2 Å². The average molecular weight is 420 g/mol. The molecule has 29 heavy (non-hydrogen) atoms. The maximum Gasteiger partial charge on any atom is 0.416 e. The zero-order chi connectivity index (χ0) is 20.9. The highest BCUT2D eigenvalue weighted by Crippen LogP contribution is 2.31. The monoisotopic (exact) mass is 420 g/mol. The molecule has 2 heterocycles. The summed E-state index contributed by atoms with van der Waals surface area (Å²) >= 11 is 1.48. The quantitative estimate of drug-likeness (QED) is 0.298. The van der Waals surface area contributed by atoms with Gasteiger partial charge in [-0.15, -0.1) is 11.3 Å². The van der Waals surface area contributed by atoms with Crippen molar-refractivity contribution in [3.05, 3.63) is 81.4 Å². The summed E-state index contributed by atoms with van der Waals surface area (Å²) in [5.41, 5.74) is -0.771. The van der Waals surface area contributed by atoms with Crippen LogP contribution in [0.1, 0.15) is 45.0 Å². The Labute approximate surface area is 170 Å². The number of hydrogen-bond acceptors (Lipinski definition) is 4. The summed E-state index contributed by atoms with van der Waals surface area (Å²) in [6.07, 6.45) is 0.568. The molecule has 0 radical (unpaired) electrons. The third kappa shape index (κ3) is 5.84. The van der Waals surface area contributed by atoms with Crippen LogP contribution < -0.4 is 4.74 Å². The minimum absolute atomic E-state index is 0.0194. The van der Waals surface area contributed by atoms with Gasteiger partial charge >= 0.3 is 6.18 Å². The summed E-state index contributed by atoms with van der Waals surface area (Å²) in [6, 6.07) is 11.8. The van der Waals surface area contributed by atoms with Gasteiger partial charge in [0.05, 0.1) is 10.4 Å². The molecule has 0 spiro atoms. The fourth-order valence-corrected chi connectivity index (χ4v) is 3.64. The number of hydrogen-bond donors (Lipinski definition) is 0. The van der Waals surface area contributed by atoms with Crippen LogP contribution in [0.3, 0.4) is 0 Å². The number of aryl methyl sites for hydroxylation is 1. The predicted octanol–water partition coefficient (Wildman–Crippen LogP) is 6.79. The van der Waals surface area contributed by atoms with Crippen LogP contribution in [0.15, 0.2) is 59.0 Å². The van der Waals surface area contributed by atoms with Crippen molar-refractivity contribution in [2.24, 2.45) is 0 Å². The van der Waals surface area contributed by atoms with Gasteiger partial charge in [-0.1, -0.05) is 19.4 Å². The molecule has 3 aromatic rings. The number of carbonyl (C=O) groups is 1. The number of alkyl halides is 3. The van der Waals surface area contributed by atoms with E-state index in [-0.39, 0.29) is 18.1 Å². The lowest BCUT2D eigenvalue weighted by atomic mass is 10.2. The van der Waals surface area contributed by atoms with Crippen LogP contribution >= 0.6 is 11.3 Å². The highest BCUT2D eigenvalue weighted by atomic mass is 32.1. The second kappa shape index (κ2) is 9.13. The summed E-state index contributed by atoms with van der Waals surface area (Å²) in [6.45, 7) is 2.07. The number of ketones is 1. The lowest BCUT2D eigenvalue weighted by Gasteiger charge is -2.09. The number of benzene rings is 1. The maximum atomic E-state index is 12.7. The van der Waals surface area contributed by atoms with E-state index in [9.17, 15) is 18.0 Å². The van der Waals surface area contributed by atoms with E-state index < -0.39 is 11.7 Å². The van der Waals surface area contributed by atoms with Crippen molar-refractivity contribution in [3.63, 3.8) is 0 Å². The van der Waals surface area contributed by atoms with Gasteiger partial charge in [0.15, 0.2) is 5.78 Å². The van der Waals surface area contributed by atoms with Crippen molar-refractivity contribution in [1.29, 1.82) is 0 Å². The first-order valence-corrected chi connectivity index (χ1v) is 9.86. The van der Waals surface area contributed by atoms with E-state index in [1.807, 2.05) is 12.1 Å². The van der Waals surface area contributed by atoms with Crippen LogP contribution in [0.25, 0.3) is 6.08 Å². The largest absolute Gasteiger partial charge is 0.486 e. The molecule has 0 saturated carbocycles. The number of furan rings is 1. The molecule has 0 aliphatic carbocycles. The lowest BCUT2D eigenvalue weighted by molar-refractivity contribution is -0.137. The molecule has 152 valence electrons. The Bertz CT molecular complexity index is 999. The molecule has 7 heteroatoms. The molecule has 3 rings (SSSR count). The number of halogens is 3. The van der Waals surface area contributed by atoms with Crippen molar-refractivity contribution in [1.82, 2.24) is 0 Å². The van der Waals surface area contributed by atoms with Crippen LogP contribution in [-0.2, 0) is 19.2 Å². The van der Waals surface area contributed by atoms with E-state index in [0.717, 1.165) is 25.0 Å². The fourth-order valence-electron chi connectivity index (χ4n) is 2.61. The van der Waals surface area contributed by atoms with Gasteiger partial charge in [0, 0.05) is 4.88 Å². The zero-order valence-electron chi connectivity index (χ0n) is 15.7. The summed E-state index contributed by atoms with van der Waals surface area (Å²) in [4.78, 5) is 14.1. The molecule has 0 amide bonds. The molecule has 0 aliphatic rings. The van der Waals surface area contributed by atoms with Crippen LogP contribution in [-0.4, -0.2) is 5.78 Å². The second-order valence-electron chi connectivity index (χ2n) is 6.33. The normalized spacial score (nSPS) is 11.9. The fraction of sp³-hybridized carbons (Fsp3) is 0.227. The predicted molar refractivity (Wildman–Crippen MR) is 106 cm³/mol. The van der Waals surface area contributed by atoms with Crippen molar-refractivity contribution in [2.75, 3.05) is 0 Å². The molecule has 0 saturated heterocycles. The van der Waals surface area contributed by atoms with Crippen molar-refractivity contribution in [2.45, 2.75) is 32.5 Å². The van der Waals surface area contributed by atoms with Gasteiger partial charge in [-0.05, 0) is 61.0 Å². The first-order chi connectivity index (χ1) is 13.8. The van der Waals surface area contributed by atoms with Crippen molar-refractivity contribution >= 4 is 23.2 Å². The number of thiophene rings is 1. The summed E-state index contributed by atoms with van der Waals surface area (Å²) in [5, 5.41) is 0. The van der Waals surface area contributed by atoms with Gasteiger partial charge < -0.3 is 9.15 Å². The smallest absolute Gasteiger partial charge is 0.416 e. The summed E-state index contributed by atoms with van der Waals surface area (Å²) in [5.74, 6) is 0.904. The van der Waals surface area contributed by atoms with Crippen molar-refractivity contribution < 1.29 is 27.1 Å². The van der Waals surface area contributed by atoms with E-state index in [1.54, 1.807) is 18.2 Å². The van der Waals surface area contributed by atoms with Crippen LogP contribution in [0, 0.1) is 0 Å². The van der Waals surface area contributed by atoms with Crippen LogP contribution in [0.4, 0.5) is 13.2 Å². The first-order valence-electron chi connectivity index (χ1n) is 9.05. The molecular formula is C22H19F3O3S. The Hall–Kier alpha value is -2.80. The van der Waals surface area contributed by atoms with E-state index in [2.05, 4.69) is 6.92 Å². The van der Waals surface area contributed by atoms with Crippen LogP contribution in [0.2, 0.25) is 0 Å². The highest BCUT2D eigenvalue weighted by Gasteiger charge is 2.30. The molecule has 0 fully saturated rings. The lowest BCUT2D eigenvalue weighted by Crippen LogP contribution is -2.05. The zero-order valence-corrected chi connectivity index (χ0v) is 16.5. The molecule has 1 aromatic carbocycles. The van der Waals surface area contributed by atoms with Gasteiger partial charge in [0.25, 0.3) is 0 Å². The van der Waals surface area contributed by atoms with E-state index in [1.165, 1.54) is 34.4 Å². The minimum atomic E-state index is -4.42. The first kappa shape index (κ1) is 20.9. The summed E-state index contributed by atoms with van der Waals surface area (Å²) < 4.78 is 49.1. The standard InChI is InChI=1S/C22H19F3O3S/c1-2-4-19-10-12-21(29-19)20(26)11-9-16-7-8-18(28-16)14-27-17-6-3-5-15(13-17)22(23,24)25/h3,5-13H,2,4,14H2,1H3/b11-9+. The Kier molecular flexibility index (Phi) is 6.59. The topological polar surface area (TPSA) is 39.4 Å². The third-order valence-corrected chi connectivity index (χ3v) is 5.18. The maximum absolute atomic E-state index is 12.7. The van der Waals surface area contributed by atoms with E-state index in [0.29, 0.717) is 16.4 Å². The molecular weight excluding hydrogens is 401 g/mol. The van der Waals surface area contributed by atoms with E-state index >= 15 is 0 Å². The Morgan fingerprint density at radius 2 is 2.00 bits per heavy atom. The molecule has 0 unspecified atom stereocenters. The molecule has 0 aliphatic heterocycles. The number of carbonyl (C=O) groups excluding carboxylic acids is 1. The third-order valence-electron chi connectivity index (χ3n) is 4.02. The highest BCUT2D eigenvalue weighted by molar-refractivity contribution is 7.14. The van der Waals surface area contributed by atoms with Crippen LogP contribution in [0.5, 0.6) is 5.75 Å². The molecule has 3 nitrogen and oxygen atoms in total. The van der Waals surface area contributed by atoms with E-state index in [4.69, 9.17) is 9.15 Å². The molecule has 0 bridgehead atoms. The molecule has 0 N–H and O–H groups in total. The molecule has 2 aromatic heterocycles. The average Bonchev–Trinajstić information content (AvgIpc) is 3.34. The Morgan fingerprint density at radius 1 is 1.17 bits per heavy atom. The van der Waals surface area contributed by atoms with Gasteiger partial charge in [-0.25, -0.2) is 0 Å². The van der Waals surface area contributed by atoms with Gasteiger partial charge in [-0.3, -0.25) is 4.79 Å².